The lowest BCUT2D eigenvalue weighted by molar-refractivity contribution is -0.136. The molecule has 5 heteroatoms. The van der Waals surface area contributed by atoms with Crippen LogP contribution >= 0.6 is 0 Å². The molecule has 0 bridgehead atoms. The van der Waals surface area contributed by atoms with E-state index in [0.717, 1.165) is 17.0 Å². The number of hydrogen-bond donors (Lipinski definition) is 0. The highest BCUT2D eigenvalue weighted by Crippen LogP contribution is 2.20. The van der Waals surface area contributed by atoms with Crippen molar-refractivity contribution < 1.29 is 19.1 Å². The van der Waals surface area contributed by atoms with Gasteiger partial charge < -0.3 is 14.0 Å². The minimum Gasteiger partial charge on any atom is -0.497 e. The Labute approximate surface area is 154 Å². The first-order valence-electron chi connectivity index (χ1n) is 8.54. The number of aryl methyl sites for hydroxylation is 1. The van der Waals surface area contributed by atoms with Gasteiger partial charge in [-0.1, -0.05) is 12.1 Å². The maximum atomic E-state index is 12.4. The van der Waals surface area contributed by atoms with Crippen molar-refractivity contribution in [3.05, 3.63) is 58.9 Å². The summed E-state index contributed by atoms with van der Waals surface area (Å²) in [7, 11) is 1.58. The number of nitrogens with zero attached hydrogens (tertiary/aromatic N) is 1. The predicted octanol–water partition coefficient (Wildman–Crippen LogP) is 4.13. The second-order valence-electron chi connectivity index (χ2n) is 6.39. The van der Waals surface area contributed by atoms with Crippen LogP contribution in [-0.4, -0.2) is 30.0 Å². The lowest BCUT2D eigenvalue weighted by atomic mass is 10.1. The molecule has 26 heavy (non-hydrogen) atoms. The van der Waals surface area contributed by atoms with Gasteiger partial charge in [-0.3, -0.25) is 4.79 Å². The van der Waals surface area contributed by atoms with Crippen molar-refractivity contribution in [2.45, 2.75) is 33.7 Å². The van der Waals surface area contributed by atoms with Crippen molar-refractivity contribution in [2.75, 3.05) is 13.7 Å². The van der Waals surface area contributed by atoms with E-state index in [0.29, 0.717) is 11.3 Å². The van der Waals surface area contributed by atoms with Gasteiger partial charge in [0.2, 0.25) is 5.78 Å². The van der Waals surface area contributed by atoms with Crippen molar-refractivity contribution in [1.29, 1.82) is 0 Å². The summed E-state index contributed by atoms with van der Waals surface area (Å²) in [5.41, 5.74) is 3.32. The van der Waals surface area contributed by atoms with E-state index in [2.05, 4.69) is 18.4 Å². The molecular weight excluding hydrogens is 330 g/mol. The van der Waals surface area contributed by atoms with Crippen molar-refractivity contribution in [1.82, 2.24) is 4.57 Å². The molecule has 0 aliphatic heterocycles. The van der Waals surface area contributed by atoms with Gasteiger partial charge in [-0.25, -0.2) is 4.79 Å². The number of ether oxygens (including phenoxy) is 2. The summed E-state index contributed by atoms with van der Waals surface area (Å²) in [5, 5.41) is 0. The third-order valence-electron chi connectivity index (χ3n) is 4.15. The number of aromatic nitrogens is 1. The molecule has 2 rings (SSSR count). The number of benzene rings is 1. The first-order chi connectivity index (χ1) is 12.3. The zero-order chi connectivity index (χ0) is 19.3. The van der Waals surface area contributed by atoms with Gasteiger partial charge in [0.15, 0.2) is 6.61 Å². The van der Waals surface area contributed by atoms with Crippen LogP contribution in [0.5, 0.6) is 5.75 Å². The number of ketones is 1. The maximum absolute atomic E-state index is 12.4. The summed E-state index contributed by atoms with van der Waals surface area (Å²) in [5.74, 6) is -0.0526. The SMILES string of the molecule is COc1cccc(/C=C/C(=O)OCC(=O)c2cc(C)n(C(C)C)c2C)c1. The molecule has 0 saturated heterocycles. The number of rotatable bonds is 7. The fourth-order valence-electron chi connectivity index (χ4n) is 3.03. The number of hydrogen-bond acceptors (Lipinski definition) is 4. The highest BCUT2D eigenvalue weighted by atomic mass is 16.5. The minimum atomic E-state index is -0.557. The second kappa shape index (κ2) is 8.52. The molecule has 0 amide bonds. The topological polar surface area (TPSA) is 57.5 Å². The Hall–Kier alpha value is -2.82. The Kier molecular flexibility index (Phi) is 6.39. The van der Waals surface area contributed by atoms with Crippen molar-refractivity contribution in [3.63, 3.8) is 0 Å². The number of methoxy groups -OCH3 is 1. The zero-order valence-electron chi connectivity index (χ0n) is 15.9. The van der Waals surface area contributed by atoms with Gasteiger partial charge in [0.05, 0.1) is 7.11 Å². The maximum Gasteiger partial charge on any atom is 0.331 e. The highest BCUT2D eigenvalue weighted by molar-refractivity contribution is 6.00. The summed E-state index contributed by atoms with van der Waals surface area (Å²) in [6, 6.07) is 9.41. The third-order valence-corrected chi connectivity index (χ3v) is 4.15. The Morgan fingerprint density at radius 3 is 2.54 bits per heavy atom. The first-order valence-corrected chi connectivity index (χ1v) is 8.54. The van der Waals surface area contributed by atoms with Gasteiger partial charge in [-0.2, -0.15) is 0 Å². The van der Waals surface area contributed by atoms with Crippen molar-refractivity contribution in [2.24, 2.45) is 0 Å². The lowest BCUT2D eigenvalue weighted by Crippen LogP contribution is -2.14. The van der Waals surface area contributed by atoms with Gasteiger partial charge in [-0.15, -0.1) is 0 Å². The Balaban J connectivity index is 1.98. The van der Waals surface area contributed by atoms with Gasteiger partial charge in [-0.05, 0) is 57.5 Å². The molecule has 0 saturated carbocycles. The molecule has 0 fully saturated rings. The third kappa shape index (κ3) is 4.63. The van der Waals surface area contributed by atoms with Gasteiger partial charge >= 0.3 is 5.97 Å². The van der Waals surface area contributed by atoms with Crippen molar-refractivity contribution >= 4 is 17.8 Å². The average molecular weight is 355 g/mol. The molecular formula is C21H25NO4. The van der Waals surface area contributed by atoms with E-state index in [-0.39, 0.29) is 18.4 Å². The van der Waals surface area contributed by atoms with Gasteiger partial charge in [0.25, 0.3) is 0 Å². The van der Waals surface area contributed by atoms with Crippen molar-refractivity contribution in [3.8, 4) is 5.75 Å². The lowest BCUT2D eigenvalue weighted by Gasteiger charge is -2.13. The smallest absolute Gasteiger partial charge is 0.331 e. The molecule has 1 heterocycles. The fourth-order valence-corrected chi connectivity index (χ4v) is 3.03. The van der Waals surface area contributed by atoms with E-state index in [4.69, 9.17) is 9.47 Å². The van der Waals surface area contributed by atoms with E-state index >= 15 is 0 Å². The summed E-state index contributed by atoms with van der Waals surface area (Å²) in [6.45, 7) is 7.73. The fraction of sp³-hybridized carbons (Fsp3) is 0.333. The molecule has 2 aromatic rings. The quantitative estimate of drug-likeness (QED) is 0.426. The number of Topliss-reactive ketones (excluding diaryl/α,β-unsaturated/α-hetero) is 1. The molecule has 0 atom stereocenters. The van der Waals surface area contributed by atoms with E-state index < -0.39 is 5.97 Å². The standard InChI is InChI=1S/C21H25NO4/c1-14(2)22-15(3)11-19(16(22)4)20(23)13-26-21(24)10-9-17-7-6-8-18(12-17)25-5/h6-12,14H,13H2,1-5H3/b10-9+. The Morgan fingerprint density at radius 2 is 1.92 bits per heavy atom. The monoisotopic (exact) mass is 355 g/mol. The van der Waals surface area contributed by atoms with E-state index in [1.807, 2.05) is 38.1 Å². The molecule has 0 radical (unpaired) electrons. The van der Waals surface area contributed by atoms with Crippen LogP contribution in [0.2, 0.25) is 0 Å². The van der Waals surface area contributed by atoms with Crippen LogP contribution in [0.3, 0.4) is 0 Å². The van der Waals surface area contributed by atoms with Crippen LogP contribution in [0.15, 0.2) is 36.4 Å². The molecule has 1 aromatic heterocycles. The molecule has 0 aliphatic carbocycles. The zero-order valence-corrected chi connectivity index (χ0v) is 15.9. The van der Waals surface area contributed by atoms with Crippen LogP contribution in [-0.2, 0) is 9.53 Å². The van der Waals surface area contributed by atoms with Crippen LogP contribution in [0.25, 0.3) is 6.08 Å². The Morgan fingerprint density at radius 1 is 1.19 bits per heavy atom. The van der Waals surface area contributed by atoms with Crippen LogP contribution in [0, 0.1) is 13.8 Å². The summed E-state index contributed by atoms with van der Waals surface area (Å²) in [6.07, 6.45) is 2.93. The van der Waals surface area contributed by atoms with Gasteiger partial charge in [0, 0.05) is 29.1 Å². The summed E-state index contributed by atoms with van der Waals surface area (Å²) in [4.78, 5) is 24.3. The normalized spacial score (nSPS) is 11.2. The number of carbonyl (C=O) groups excluding carboxylic acids is 2. The molecule has 0 unspecified atom stereocenters. The minimum absolute atomic E-state index is 0.201. The average Bonchev–Trinajstić information content (AvgIpc) is 2.92. The Bertz CT molecular complexity index is 831. The number of carbonyl (C=O) groups is 2. The number of esters is 1. The molecule has 0 spiro atoms. The first kappa shape index (κ1) is 19.5. The predicted molar refractivity (Wildman–Crippen MR) is 102 cm³/mol. The van der Waals surface area contributed by atoms with Gasteiger partial charge in [0.1, 0.15) is 5.75 Å². The van der Waals surface area contributed by atoms with Crippen LogP contribution in [0.4, 0.5) is 0 Å². The summed E-state index contributed by atoms with van der Waals surface area (Å²) >= 11 is 0. The largest absolute Gasteiger partial charge is 0.497 e. The summed E-state index contributed by atoms with van der Waals surface area (Å²) < 4.78 is 12.3. The molecule has 0 aliphatic rings. The molecule has 138 valence electrons. The van der Waals surface area contributed by atoms with E-state index in [1.54, 1.807) is 19.3 Å². The second-order valence-corrected chi connectivity index (χ2v) is 6.39. The molecule has 0 N–H and O–H groups in total. The van der Waals surface area contributed by atoms with E-state index in [9.17, 15) is 9.59 Å². The van der Waals surface area contributed by atoms with E-state index in [1.165, 1.54) is 6.08 Å². The van der Waals surface area contributed by atoms with Crippen LogP contribution < -0.4 is 4.74 Å². The highest BCUT2D eigenvalue weighted by Gasteiger charge is 2.18. The molecule has 1 aromatic carbocycles. The molecule has 5 nitrogen and oxygen atoms in total. The van der Waals surface area contributed by atoms with Crippen LogP contribution in [0.1, 0.15) is 47.2 Å².